The third-order valence-electron chi connectivity index (χ3n) is 4.29. The average Bonchev–Trinajstić information content (AvgIpc) is 2.24. The van der Waals surface area contributed by atoms with Gasteiger partial charge >= 0.3 is 0 Å². The SMILES string of the molecule is COc1ccc(C2(O)CC(C)CC(C)(C)C2)c(C)c1. The van der Waals surface area contributed by atoms with Crippen molar-refractivity contribution in [1.29, 1.82) is 0 Å². The van der Waals surface area contributed by atoms with Gasteiger partial charge in [0.25, 0.3) is 0 Å². The number of benzene rings is 1. The fourth-order valence-electron chi connectivity index (χ4n) is 4.02. The first-order valence-electron chi connectivity index (χ1n) is 7.13. The molecule has 1 aromatic carbocycles. The zero-order valence-corrected chi connectivity index (χ0v) is 12.8. The summed E-state index contributed by atoms with van der Waals surface area (Å²) in [4.78, 5) is 0. The molecule has 2 unspecified atom stereocenters. The highest BCUT2D eigenvalue weighted by Gasteiger charge is 2.43. The molecule has 0 amide bonds. The lowest BCUT2D eigenvalue weighted by Gasteiger charge is -2.45. The number of aryl methyl sites for hydroxylation is 1. The van der Waals surface area contributed by atoms with Crippen LogP contribution in [0, 0.1) is 18.3 Å². The Hall–Kier alpha value is -1.02. The van der Waals surface area contributed by atoms with E-state index in [1.165, 1.54) is 6.42 Å². The number of hydrogen-bond donors (Lipinski definition) is 1. The molecule has 1 aliphatic carbocycles. The molecule has 2 rings (SSSR count). The van der Waals surface area contributed by atoms with E-state index in [1.54, 1.807) is 7.11 Å². The van der Waals surface area contributed by atoms with Gasteiger partial charge in [0.2, 0.25) is 0 Å². The van der Waals surface area contributed by atoms with Gasteiger partial charge in [-0.05, 0) is 60.8 Å². The van der Waals surface area contributed by atoms with E-state index in [1.807, 2.05) is 18.2 Å². The molecule has 1 aromatic rings. The van der Waals surface area contributed by atoms with Crippen LogP contribution < -0.4 is 4.74 Å². The third kappa shape index (κ3) is 2.94. The first-order valence-corrected chi connectivity index (χ1v) is 7.13. The van der Waals surface area contributed by atoms with Crippen molar-refractivity contribution in [3.05, 3.63) is 29.3 Å². The normalized spacial score (nSPS) is 30.1. The van der Waals surface area contributed by atoms with Gasteiger partial charge in [-0.15, -0.1) is 0 Å². The zero-order valence-electron chi connectivity index (χ0n) is 12.8. The molecule has 0 bridgehead atoms. The average molecular weight is 262 g/mol. The molecule has 0 spiro atoms. The van der Waals surface area contributed by atoms with Gasteiger partial charge in [0.1, 0.15) is 5.75 Å². The van der Waals surface area contributed by atoms with E-state index >= 15 is 0 Å². The number of methoxy groups -OCH3 is 1. The summed E-state index contributed by atoms with van der Waals surface area (Å²) in [6, 6.07) is 5.99. The van der Waals surface area contributed by atoms with E-state index < -0.39 is 5.60 Å². The number of ether oxygens (including phenoxy) is 1. The molecule has 1 aliphatic rings. The zero-order chi connectivity index (χ0) is 14.3. The van der Waals surface area contributed by atoms with Crippen molar-refractivity contribution in [1.82, 2.24) is 0 Å². The summed E-state index contributed by atoms with van der Waals surface area (Å²) < 4.78 is 5.25. The molecule has 0 aromatic heterocycles. The maximum Gasteiger partial charge on any atom is 0.119 e. The first kappa shape index (κ1) is 14.4. The largest absolute Gasteiger partial charge is 0.497 e. The topological polar surface area (TPSA) is 29.5 Å². The summed E-state index contributed by atoms with van der Waals surface area (Å²) in [5.74, 6) is 1.41. The van der Waals surface area contributed by atoms with Crippen LogP contribution in [0.15, 0.2) is 18.2 Å². The second-order valence-electron chi connectivity index (χ2n) is 7.07. The third-order valence-corrected chi connectivity index (χ3v) is 4.29. The van der Waals surface area contributed by atoms with Crippen LogP contribution in [0.4, 0.5) is 0 Å². The molecule has 2 heteroatoms. The van der Waals surface area contributed by atoms with Gasteiger partial charge in [-0.2, -0.15) is 0 Å². The Kier molecular flexibility index (Phi) is 3.65. The summed E-state index contributed by atoms with van der Waals surface area (Å²) in [7, 11) is 1.68. The Balaban J connectivity index is 2.38. The van der Waals surface area contributed by atoms with Crippen molar-refractivity contribution < 1.29 is 9.84 Å². The molecule has 2 nitrogen and oxygen atoms in total. The van der Waals surface area contributed by atoms with Gasteiger partial charge in [0.05, 0.1) is 12.7 Å². The molecule has 1 saturated carbocycles. The van der Waals surface area contributed by atoms with Crippen molar-refractivity contribution in [2.24, 2.45) is 11.3 Å². The van der Waals surface area contributed by atoms with E-state index in [9.17, 15) is 5.11 Å². The van der Waals surface area contributed by atoms with Crippen LogP contribution in [-0.4, -0.2) is 12.2 Å². The molecule has 1 fully saturated rings. The van der Waals surface area contributed by atoms with Gasteiger partial charge in [-0.1, -0.05) is 26.8 Å². The minimum absolute atomic E-state index is 0.193. The van der Waals surface area contributed by atoms with Crippen LogP contribution in [0.3, 0.4) is 0 Å². The monoisotopic (exact) mass is 262 g/mol. The number of hydrogen-bond acceptors (Lipinski definition) is 2. The molecule has 0 heterocycles. The fraction of sp³-hybridized carbons (Fsp3) is 0.647. The number of rotatable bonds is 2. The molecule has 19 heavy (non-hydrogen) atoms. The summed E-state index contributed by atoms with van der Waals surface area (Å²) in [5, 5.41) is 11.2. The van der Waals surface area contributed by atoms with Crippen molar-refractivity contribution in [3.63, 3.8) is 0 Å². The second kappa shape index (κ2) is 4.82. The molecular weight excluding hydrogens is 236 g/mol. The quantitative estimate of drug-likeness (QED) is 0.871. The fourth-order valence-corrected chi connectivity index (χ4v) is 4.02. The molecule has 106 valence electrons. The molecule has 1 N–H and O–H groups in total. The predicted molar refractivity (Wildman–Crippen MR) is 78.4 cm³/mol. The minimum Gasteiger partial charge on any atom is -0.497 e. The van der Waals surface area contributed by atoms with Crippen LogP contribution >= 0.6 is 0 Å². The summed E-state index contributed by atoms with van der Waals surface area (Å²) >= 11 is 0. The molecule has 0 saturated heterocycles. The molecule has 0 aliphatic heterocycles. The van der Waals surface area contributed by atoms with Crippen molar-refractivity contribution in [3.8, 4) is 5.75 Å². The Morgan fingerprint density at radius 2 is 1.95 bits per heavy atom. The van der Waals surface area contributed by atoms with Crippen molar-refractivity contribution >= 4 is 0 Å². The van der Waals surface area contributed by atoms with E-state index in [0.29, 0.717) is 5.92 Å². The van der Waals surface area contributed by atoms with Gasteiger partial charge in [0, 0.05) is 0 Å². The summed E-state index contributed by atoms with van der Waals surface area (Å²) in [6.45, 7) is 8.81. The molecule has 2 atom stereocenters. The van der Waals surface area contributed by atoms with Crippen LogP contribution in [0.2, 0.25) is 0 Å². The lowest BCUT2D eigenvalue weighted by atomic mass is 9.63. The van der Waals surface area contributed by atoms with Gasteiger partial charge in [-0.3, -0.25) is 0 Å². The summed E-state index contributed by atoms with van der Waals surface area (Å²) in [5.41, 5.74) is 1.68. The highest BCUT2D eigenvalue weighted by molar-refractivity contribution is 5.38. The van der Waals surface area contributed by atoms with Crippen molar-refractivity contribution in [2.75, 3.05) is 7.11 Å². The van der Waals surface area contributed by atoms with Gasteiger partial charge in [0.15, 0.2) is 0 Å². The van der Waals surface area contributed by atoms with E-state index in [2.05, 4.69) is 27.7 Å². The lowest BCUT2D eigenvalue weighted by Crippen LogP contribution is -2.40. The number of aliphatic hydroxyl groups is 1. The Morgan fingerprint density at radius 3 is 2.47 bits per heavy atom. The van der Waals surface area contributed by atoms with E-state index in [4.69, 9.17) is 4.74 Å². The standard InChI is InChI=1S/C17H26O2/c1-12-9-16(3,4)11-17(18,10-12)15-7-6-14(19-5)8-13(15)2/h6-8,12,18H,9-11H2,1-5H3. The van der Waals surface area contributed by atoms with Crippen LogP contribution in [0.25, 0.3) is 0 Å². The highest BCUT2D eigenvalue weighted by Crippen LogP contribution is 2.49. The van der Waals surface area contributed by atoms with E-state index in [-0.39, 0.29) is 5.41 Å². The first-order chi connectivity index (χ1) is 8.76. The predicted octanol–water partition coefficient (Wildman–Crippen LogP) is 4.04. The van der Waals surface area contributed by atoms with Crippen molar-refractivity contribution in [2.45, 2.75) is 52.6 Å². The molecular formula is C17H26O2. The highest BCUT2D eigenvalue weighted by atomic mass is 16.5. The Bertz CT molecular complexity index is 464. The van der Waals surface area contributed by atoms with Crippen LogP contribution in [-0.2, 0) is 5.60 Å². The van der Waals surface area contributed by atoms with Crippen LogP contribution in [0.1, 0.15) is 51.2 Å². The maximum absolute atomic E-state index is 11.2. The maximum atomic E-state index is 11.2. The van der Waals surface area contributed by atoms with E-state index in [0.717, 1.165) is 29.7 Å². The Labute approximate surface area is 116 Å². The summed E-state index contributed by atoms with van der Waals surface area (Å²) in [6.07, 6.45) is 2.87. The van der Waals surface area contributed by atoms with Crippen LogP contribution in [0.5, 0.6) is 5.75 Å². The van der Waals surface area contributed by atoms with Gasteiger partial charge < -0.3 is 9.84 Å². The Morgan fingerprint density at radius 1 is 1.26 bits per heavy atom. The second-order valence-corrected chi connectivity index (χ2v) is 7.07. The lowest BCUT2D eigenvalue weighted by molar-refractivity contribution is -0.0639. The minimum atomic E-state index is -0.697. The van der Waals surface area contributed by atoms with Gasteiger partial charge in [-0.25, -0.2) is 0 Å². The smallest absolute Gasteiger partial charge is 0.119 e. The molecule has 0 radical (unpaired) electrons.